The van der Waals surface area contributed by atoms with Crippen molar-refractivity contribution in [1.29, 1.82) is 0 Å². The second-order valence-electron chi connectivity index (χ2n) is 6.60. The summed E-state index contributed by atoms with van der Waals surface area (Å²) in [5.41, 5.74) is 1.29. The van der Waals surface area contributed by atoms with Crippen molar-refractivity contribution in [1.82, 2.24) is 24.7 Å². The molecule has 148 valence electrons. The quantitative estimate of drug-likeness (QED) is 0.721. The summed E-state index contributed by atoms with van der Waals surface area (Å²) in [5.74, 6) is -0.760. The first-order chi connectivity index (χ1) is 13.5. The van der Waals surface area contributed by atoms with E-state index in [2.05, 4.69) is 42.5 Å². The minimum atomic E-state index is -4.59. The highest BCUT2D eigenvalue weighted by Gasteiger charge is 2.37. The van der Waals surface area contributed by atoms with Crippen LogP contribution in [0.2, 0.25) is 0 Å². The molecule has 1 aliphatic heterocycles. The van der Waals surface area contributed by atoms with Crippen molar-refractivity contribution in [3.05, 3.63) is 48.3 Å². The lowest BCUT2D eigenvalue weighted by Gasteiger charge is -2.36. The maximum Gasteiger partial charge on any atom is 0.453 e. The Morgan fingerprint density at radius 1 is 0.929 bits per heavy atom. The molecule has 1 aliphatic rings. The predicted octanol–water partition coefficient (Wildman–Crippen LogP) is 2.38. The summed E-state index contributed by atoms with van der Waals surface area (Å²) in [5, 5.41) is 13.7. The van der Waals surface area contributed by atoms with Gasteiger partial charge in [0.1, 0.15) is 5.82 Å². The highest BCUT2D eigenvalue weighted by atomic mass is 19.4. The fourth-order valence-corrected chi connectivity index (χ4v) is 3.27. The number of nitrogens with one attached hydrogen (secondary N) is 1. The molecule has 0 amide bonds. The Morgan fingerprint density at radius 2 is 1.68 bits per heavy atom. The van der Waals surface area contributed by atoms with Gasteiger partial charge in [0.05, 0.1) is 0 Å². The molecule has 28 heavy (non-hydrogen) atoms. The molecule has 0 aliphatic carbocycles. The van der Waals surface area contributed by atoms with E-state index in [4.69, 9.17) is 0 Å². The number of halogens is 3. The minimum absolute atomic E-state index is 0.0647. The van der Waals surface area contributed by atoms with Gasteiger partial charge in [-0.2, -0.15) is 17.7 Å². The molecule has 0 bridgehead atoms. The van der Waals surface area contributed by atoms with Crippen molar-refractivity contribution in [2.45, 2.75) is 6.18 Å². The van der Waals surface area contributed by atoms with Gasteiger partial charge in [0.25, 0.3) is 5.82 Å². The molecule has 1 saturated heterocycles. The number of rotatable bonds is 5. The number of hydrogen-bond acceptors (Lipinski definition) is 6. The van der Waals surface area contributed by atoms with E-state index in [-0.39, 0.29) is 5.65 Å². The number of benzene rings is 1. The van der Waals surface area contributed by atoms with Crippen molar-refractivity contribution in [2.75, 3.05) is 49.5 Å². The van der Waals surface area contributed by atoms with Crippen LogP contribution in [0.25, 0.3) is 5.65 Å². The first-order valence-corrected chi connectivity index (χ1v) is 9.06. The zero-order valence-electron chi connectivity index (χ0n) is 15.1. The van der Waals surface area contributed by atoms with Crippen molar-refractivity contribution < 1.29 is 13.2 Å². The van der Waals surface area contributed by atoms with E-state index in [9.17, 15) is 13.2 Å². The molecular formula is C18H20F3N7. The largest absolute Gasteiger partial charge is 0.453 e. The third kappa shape index (κ3) is 4.01. The number of anilines is 2. The normalized spacial score (nSPS) is 15.9. The van der Waals surface area contributed by atoms with Crippen LogP contribution < -0.4 is 10.2 Å². The number of hydrogen-bond donors (Lipinski definition) is 1. The summed E-state index contributed by atoms with van der Waals surface area (Å²) in [4.78, 5) is 4.68. The first kappa shape index (κ1) is 18.5. The van der Waals surface area contributed by atoms with Crippen LogP contribution in [-0.2, 0) is 6.18 Å². The number of nitrogens with zero attached hydrogens (tertiary/aromatic N) is 6. The van der Waals surface area contributed by atoms with E-state index < -0.39 is 12.0 Å². The van der Waals surface area contributed by atoms with E-state index in [0.717, 1.165) is 37.2 Å². The SMILES string of the molecule is FC(F)(F)c1nnc2ccc(NCCN3CCN(c4ccccc4)CC3)nn12. The number of aromatic nitrogens is 4. The average molecular weight is 391 g/mol. The summed E-state index contributed by atoms with van der Waals surface area (Å²) in [6, 6.07) is 13.4. The third-order valence-corrected chi connectivity index (χ3v) is 4.74. The van der Waals surface area contributed by atoms with Crippen molar-refractivity contribution >= 4 is 17.2 Å². The molecule has 10 heteroatoms. The summed E-state index contributed by atoms with van der Waals surface area (Å²) in [7, 11) is 0. The molecule has 3 heterocycles. The van der Waals surface area contributed by atoms with Gasteiger partial charge >= 0.3 is 6.18 Å². The molecule has 0 saturated carbocycles. The van der Waals surface area contributed by atoms with E-state index in [1.54, 1.807) is 6.07 Å². The Kier molecular flexibility index (Phi) is 5.03. The monoisotopic (exact) mass is 391 g/mol. The molecule has 7 nitrogen and oxygen atoms in total. The van der Waals surface area contributed by atoms with Crippen LogP contribution in [0.15, 0.2) is 42.5 Å². The van der Waals surface area contributed by atoms with Gasteiger partial charge in [0.2, 0.25) is 0 Å². The number of alkyl halides is 3. The summed E-state index contributed by atoms with van der Waals surface area (Å²) >= 11 is 0. The zero-order valence-corrected chi connectivity index (χ0v) is 15.1. The lowest BCUT2D eigenvalue weighted by Crippen LogP contribution is -2.47. The molecule has 4 rings (SSSR count). The van der Waals surface area contributed by atoms with Gasteiger partial charge < -0.3 is 10.2 Å². The first-order valence-electron chi connectivity index (χ1n) is 9.06. The van der Waals surface area contributed by atoms with Crippen LogP contribution >= 0.6 is 0 Å². The van der Waals surface area contributed by atoms with Crippen molar-refractivity contribution in [3.8, 4) is 0 Å². The molecule has 0 radical (unpaired) electrons. The highest BCUT2D eigenvalue weighted by Crippen LogP contribution is 2.27. The Balaban J connectivity index is 1.30. The van der Waals surface area contributed by atoms with Gasteiger partial charge in [0.15, 0.2) is 5.65 Å². The van der Waals surface area contributed by atoms with Gasteiger partial charge in [-0.25, -0.2) is 0 Å². The molecule has 1 aromatic carbocycles. The van der Waals surface area contributed by atoms with Crippen molar-refractivity contribution in [2.24, 2.45) is 0 Å². The van der Waals surface area contributed by atoms with Gasteiger partial charge in [-0.3, -0.25) is 4.90 Å². The molecule has 0 atom stereocenters. The maximum atomic E-state index is 12.9. The van der Waals surface area contributed by atoms with Crippen LogP contribution in [0.3, 0.4) is 0 Å². The Bertz CT molecular complexity index is 918. The summed E-state index contributed by atoms with van der Waals surface area (Å²) in [6.45, 7) is 5.15. The summed E-state index contributed by atoms with van der Waals surface area (Å²) < 4.78 is 39.5. The minimum Gasteiger partial charge on any atom is -0.369 e. The van der Waals surface area contributed by atoms with E-state index in [1.807, 2.05) is 18.2 Å². The lowest BCUT2D eigenvalue weighted by atomic mass is 10.2. The predicted molar refractivity (Wildman–Crippen MR) is 99.4 cm³/mol. The average Bonchev–Trinajstić information content (AvgIpc) is 3.13. The molecule has 3 aromatic rings. The van der Waals surface area contributed by atoms with Crippen LogP contribution in [-0.4, -0.2) is 64.0 Å². The van der Waals surface area contributed by atoms with Gasteiger partial charge in [-0.15, -0.1) is 15.3 Å². The van der Waals surface area contributed by atoms with Crippen LogP contribution in [0.4, 0.5) is 24.7 Å². The van der Waals surface area contributed by atoms with E-state index >= 15 is 0 Å². The number of para-hydroxylation sites is 1. The smallest absolute Gasteiger partial charge is 0.369 e. The Morgan fingerprint density at radius 3 is 2.39 bits per heavy atom. The van der Waals surface area contributed by atoms with Crippen LogP contribution in [0.1, 0.15) is 5.82 Å². The standard InChI is InChI=1S/C18H20F3N7/c19-18(20,21)17-24-23-16-7-6-15(25-28(16)17)22-8-9-26-10-12-27(13-11-26)14-4-2-1-3-5-14/h1-7H,8-13H2,(H,22,25). The lowest BCUT2D eigenvalue weighted by molar-refractivity contribution is -0.146. The Labute approximate surface area is 159 Å². The highest BCUT2D eigenvalue weighted by molar-refractivity contribution is 5.46. The zero-order chi connectivity index (χ0) is 19.6. The number of fused-ring (bicyclic) bond motifs is 1. The van der Waals surface area contributed by atoms with Crippen molar-refractivity contribution in [3.63, 3.8) is 0 Å². The maximum absolute atomic E-state index is 12.9. The van der Waals surface area contributed by atoms with Crippen LogP contribution in [0.5, 0.6) is 0 Å². The molecule has 1 N–H and O–H groups in total. The third-order valence-electron chi connectivity index (χ3n) is 4.74. The number of piperazine rings is 1. The van der Waals surface area contributed by atoms with Gasteiger partial charge in [-0.05, 0) is 24.3 Å². The molecule has 2 aromatic heterocycles. The molecular weight excluding hydrogens is 371 g/mol. The summed E-state index contributed by atoms with van der Waals surface area (Å²) in [6.07, 6.45) is -4.59. The fraction of sp³-hybridized carbons (Fsp3) is 0.389. The molecule has 1 fully saturated rings. The topological polar surface area (TPSA) is 61.6 Å². The van der Waals surface area contributed by atoms with Gasteiger partial charge in [-0.1, -0.05) is 18.2 Å². The molecule has 0 spiro atoms. The fourth-order valence-electron chi connectivity index (χ4n) is 3.27. The second kappa shape index (κ2) is 7.63. The van der Waals surface area contributed by atoms with Crippen LogP contribution in [0, 0.1) is 0 Å². The van der Waals surface area contributed by atoms with E-state index in [0.29, 0.717) is 12.4 Å². The Hall–Kier alpha value is -2.88. The van der Waals surface area contributed by atoms with Gasteiger partial charge in [0, 0.05) is 45.0 Å². The second-order valence-corrected chi connectivity index (χ2v) is 6.60. The van der Waals surface area contributed by atoms with E-state index in [1.165, 1.54) is 11.8 Å². The molecule has 0 unspecified atom stereocenters.